The summed E-state index contributed by atoms with van der Waals surface area (Å²) in [6.45, 7) is 4.26. The first-order valence-corrected chi connectivity index (χ1v) is 7.76. The smallest absolute Gasteiger partial charge is 0.115 e. The van der Waals surface area contributed by atoms with Crippen molar-refractivity contribution in [2.75, 3.05) is 25.2 Å². The number of anilines is 1. The number of phenolic OH excluding ortho intramolecular Hbond substituents is 1. The largest absolute Gasteiger partial charge is 0.508 e. The summed E-state index contributed by atoms with van der Waals surface area (Å²) >= 11 is 0. The molecule has 0 bridgehead atoms. The fourth-order valence-corrected chi connectivity index (χ4v) is 2.76. The molecule has 0 spiro atoms. The Morgan fingerprint density at radius 3 is 2.45 bits per heavy atom. The molecule has 0 heterocycles. The predicted molar refractivity (Wildman–Crippen MR) is 91.5 cm³/mol. The van der Waals surface area contributed by atoms with Crippen molar-refractivity contribution in [1.29, 1.82) is 0 Å². The van der Waals surface area contributed by atoms with Crippen molar-refractivity contribution in [3.05, 3.63) is 47.5 Å². The first-order valence-electron chi connectivity index (χ1n) is 7.76. The Bertz CT molecular complexity index is 639. The molecule has 0 radical (unpaired) electrons. The zero-order chi connectivity index (χ0) is 16.1. The molecule has 0 aromatic heterocycles. The molecule has 0 atom stereocenters. The number of alkyl halides is 1. The Balaban J connectivity index is 2.41. The number of phenols is 1. The Kier molecular flexibility index (Phi) is 5.42. The Hall–Kier alpha value is -2.03. The number of benzene rings is 2. The van der Waals surface area contributed by atoms with Crippen LogP contribution in [-0.2, 0) is 6.42 Å². The van der Waals surface area contributed by atoms with Gasteiger partial charge in [0.05, 0.1) is 0 Å². The molecule has 0 saturated heterocycles. The molecule has 2 rings (SSSR count). The molecule has 0 aliphatic rings. The quantitative estimate of drug-likeness (QED) is 0.834. The minimum absolute atomic E-state index is 0.309. The number of aromatic hydroxyl groups is 1. The highest BCUT2D eigenvalue weighted by molar-refractivity contribution is 5.73. The summed E-state index contributed by atoms with van der Waals surface area (Å²) in [7, 11) is 1.90. The van der Waals surface area contributed by atoms with Gasteiger partial charge in [-0.2, -0.15) is 0 Å². The summed E-state index contributed by atoms with van der Waals surface area (Å²) in [5.41, 5.74) is 5.68. The van der Waals surface area contributed by atoms with Crippen LogP contribution in [0.15, 0.2) is 36.4 Å². The average Bonchev–Trinajstić information content (AvgIpc) is 2.48. The molecule has 0 unspecified atom stereocenters. The van der Waals surface area contributed by atoms with Crippen molar-refractivity contribution in [3.63, 3.8) is 0 Å². The molecule has 22 heavy (non-hydrogen) atoms. The van der Waals surface area contributed by atoms with Gasteiger partial charge in [0.25, 0.3) is 0 Å². The first-order chi connectivity index (χ1) is 10.6. The highest BCUT2D eigenvalue weighted by atomic mass is 19.1. The van der Waals surface area contributed by atoms with Crippen molar-refractivity contribution < 1.29 is 9.50 Å². The molecule has 0 aliphatic heterocycles. The monoisotopic (exact) mass is 301 g/mol. The van der Waals surface area contributed by atoms with E-state index < -0.39 is 0 Å². The molecule has 2 nitrogen and oxygen atoms in total. The van der Waals surface area contributed by atoms with Crippen molar-refractivity contribution in [2.45, 2.75) is 26.7 Å². The zero-order valence-electron chi connectivity index (χ0n) is 13.6. The summed E-state index contributed by atoms with van der Waals surface area (Å²) in [5, 5.41) is 9.71. The first kappa shape index (κ1) is 16.3. The van der Waals surface area contributed by atoms with Gasteiger partial charge in [0, 0.05) is 19.3 Å². The van der Waals surface area contributed by atoms with Gasteiger partial charge in [-0.05, 0) is 59.9 Å². The molecule has 0 amide bonds. The van der Waals surface area contributed by atoms with E-state index in [0.29, 0.717) is 12.3 Å². The molecule has 0 fully saturated rings. The van der Waals surface area contributed by atoms with Crippen LogP contribution in [0.2, 0.25) is 0 Å². The number of rotatable bonds is 6. The number of halogens is 1. The maximum Gasteiger partial charge on any atom is 0.115 e. The summed E-state index contributed by atoms with van der Waals surface area (Å²) in [6.07, 6.45) is 1.97. The van der Waals surface area contributed by atoms with Gasteiger partial charge in [0.2, 0.25) is 0 Å². The van der Waals surface area contributed by atoms with Crippen molar-refractivity contribution in [2.24, 2.45) is 0 Å². The van der Waals surface area contributed by atoms with Gasteiger partial charge < -0.3 is 10.0 Å². The predicted octanol–water partition coefficient (Wildman–Crippen LogP) is 4.73. The zero-order valence-corrected chi connectivity index (χ0v) is 13.6. The molecule has 3 heteroatoms. The third-order valence-corrected chi connectivity index (χ3v) is 3.97. The van der Waals surface area contributed by atoms with Gasteiger partial charge in [-0.3, -0.25) is 0 Å². The van der Waals surface area contributed by atoms with E-state index in [1.807, 2.05) is 30.1 Å². The average molecular weight is 301 g/mol. The third-order valence-electron chi connectivity index (χ3n) is 3.97. The van der Waals surface area contributed by atoms with Gasteiger partial charge >= 0.3 is 0 Å². The Labute approximate surface area is 132 Å². The number of nitrogens with zero attached hydrogens (tertiary/aromatic N) is 1. The summed E-state index contributed by atoms with van der Waals surface area (Å²) in [4.78, 5) is 1.92. The highest BCUT2D eigenvalue weighted by Crippen LogP contribution is 2.32. The second-order valence-electron chi connectivity index (χ2n) is 5.70. The van der Waals surface area contributed by atoms with Crippen LogP contribution in [0.3, 0.4) is 0 Å². The van der Waals surface area contributed by atoms with Gasteiger partial charge in [-0.1, -0.05) is 25.5 Å². The molecule has 1 N–H and O–H groups in total. The lowest BCUT2D eigenvalue weighted by atomic mass is 9.93. The molecular weight excluding hydrogens is 277 g/mol. The Morgan fingerprint density at radius 1 is 1.09 bits per heavy atom. The van der Waals surface area contributed by atoms with E-state index in [1.54, 1.807) is 6.07 Å². The van der Waals surface area contributed by atoms with E-state index in [0.717, 1.165) is 35.2 Å². The summed E-state index contributed by atoms with van der Waals surface area (Å²) in [6, 6.07) is 11.8. The van der Waals surface area contributed by atoms with Crippen molar-refractivity contribution in [1.82, 2.24) is 0 Å². The van der Waals surface area contributed by atoms with Crippen LogP contribution in [0.1, 0.15) is 24.5 Å². The SMILES string of the molecule is CCCc1cc(O)ccc1-c1ccc(N(C)CCF)cc1C. The molecule has 0 aliphatic carbocycles. The van der Waals surface area contributed by atoms with E-state index in [4.69, 9.17) is 0 Å². The van der Waals surface area contributed by atoms with Crippen molar-refractivity contribution in [3.8, 4) is 16.9 Å². The van der Waals surface area contributed by atoms with Crippen molar-refractivity contribution >= 4 is 5.69 Å². The molecule has 0 saturated carbocycles. The topological polar surface area (TPSA) is 23.5 Å². The van der Waals surface area contributed by atoms with E-state index in [2.05, 4.69) is 26.0 Å². The van der Waals surface area contributed by atoms with E-state index >= 15 is 0 Å². The fraction of sp³-hybridized carbons (Fsp3) is 0.368. The lowest BCUT2D eigenvalue weighted by Gasteiger charge is -2.20. The lowest BCUT2D eigenvalue weighted by Crippen LogP contribution is -2.19. The second kappa shape index (κ2) is 7.30. The van der Waals surface area contributed by atoms with Crippen LogP contribution in [0.25, 0.3) is 11.1 Å². The Morgan fingerprint density at radius 2 is 1.82 bits per heavy atom. The minimum Gasteiger partial charge on any atom is -0.508 e. The maximum absolute atomic E-state index is 12.5. The summed E-state index contributed by atoms with van der Waals surface area (Å²) < 4.78 is 12.5. The maximum atomic E-state index is 12.5. The van der Waals surface area contributed by atoms with Crippen LogP contribution >= 0.6 is 0 Å². The highest BCUT2D eigenvalue weighted by Gasteiger charge is 2.10. The van der Waals surface area contributed by atoms with Crippen LogP contribution in [-0.4, -0.2) is 25.4 Å². The van der Waals surface area contributed by atoms with Gasteiger partial charge in [0.15, 0.2) is 0 Å². The molecule has 2 aromatic carbocycles. The number of hydrogen-bond donors (Lipinski definition) is 1. The summed E-state index contributed by atoms with van der Waals surface area (Å²) in [5.74, 6) is 0.309. The van der Waals surface area contributed by atoms with Crippen LogP contribution in [0, 0.1) is 6.92 Å². The van der Waals surface area contributed by atoms with Gasteiger partial charge in [-0.15, -0.1) is 0 Å². The molecule has 2 aromatic rings. The van der Waals surface area contributed by atoms with Crippen LogP contribution in [0.5, 0.6) is 5.75 Å². The van der Waals surface area contributed by atoms with E-state index in [9.17, 15) is 9.50 Å². The molecular formula is C19H24FNO. The second-order valence-corrected chi connectivity index (χ2v) is 5.70. The standard InChI is InChI=1S/C19H24FNO/c1-4-5-15-13-17(22)7-9-19(15)18-8-6-16(12-14(18)2)21(3)11-10-20/h6-9,12-13,22H,4-5,10-11H2,1-3H3. The van der Waals surface area contributed by atoms with Crippen LogP contribution < -0.4 is 4.90 Å². The number of hydrogen-bond acceptors (Lipinski definition) is 2. The van der Waals surface area contributed by atoms with Gasteiger partial charge in [-0.25, -0.2) is 4.39 Å². The van der Waals surface area contributed by atoms with E-state index in [-0.39, 0.29) is 6.67 Å². The van der Waals surface area contributed by atoms with Gasteiger partial charge in [0.1, 0.15) is 12.4 Å². The lowest BCUT2D eigenvalue weighted by molar-refractivity contribution is 0.474. The number of aryl methyl sites for hydroxylation is 2. The third kappa shape index (κ3) is 3.59. The fourth-order valence-electron chi connectivity index (χ4n) is 2.76. The van der Waals surface area contributed by atoms with Crippen LogP contribution in [0.4, 0.5) is 10.1 Å². The normalized spacial score (nSPS) is 10.7. The molecule has 118 valence electrons. The minimum atomic E-state index is -0.351. The van der Waals surface area contributed by atoms with E-state index in [1.165, 1.54) is 5.56 Å².